The minimum absolute atomic E-state index is 0.0840. The molecule has 0 aliphatic carbocycles. The minimum Gasteiger partial charge on any atom is -0.249 e. The Hall–Kier alpha value is -1.10. The number of nitrogens with zero attached hydrogens (tertiary/aromatic N) is 2. The Bertz CT molecular complexity index is 462. The molecule has 15 heavy (non-hydrogen) atoms. The fourth-order valence-electron chi connectivity index (χ4n) is 0.794. The third-order valence-electron chi connectivity index (χ3n) is 1.48. The molecule has 0 aromatic carbocycles. The van der Waals surface area contributed by atoms with Gasteiger partial charge in [-0.1, -0.05) is 0 Å². The minimum atomic E-state index is -3.41. The Morgan fingerprint density at radius 3 is 2.73 bits per heavy atom. The van der Waals surface area contributed by atoms with Crippen molar-refractivity contribution in [3.63, 3.8) is 0 Å². The number of nitriles is 1. The van der Waals surface area contributed by atoms with Crippen LogP contribution < -0.4 is 5.14 Å². The molecule has 0 bridgehead atoms. The van der Waals surface area contributed by atoms with Crippen molar-refractivity contribution in [3.05, 3.63) is 23.9 Å². The highest BCUT2D eigenvalue weighted by molar-refractivity contribution is 8.00. The molecule has 0 aliphatic rings. The van der Waals surface area contributed by atoms with Gasteiger partial charge in [0.2, 0.25) is 10.0 Å². The van der Waals surface area contributed by atoms with Crippen molar-refractivity contribution < 1.29 is 8.42 Å². The molecular weight excluding hydrogens is 234 g/mol. The van der Waals surface area contributed by atoms with Gasteiger partial charge in [-0.25, -0.2) is 18.5 Å². The number of nitrogens with two attached hydrogens (primary N) is 1. The van der Waals surface area contributed by atoms with E-state index in [0.717, 1.165) is 0 Å². The van der Waals surface area contributed by atoms with E-state index in [4.69, 9.17) is 10.4 Å². The molecule has 0 radical (unpaired) electrons. The molecule has 0 aliphatic heterocycles. The van der Waals surface area contributed by atoms with Crippen molar-refractivity contribution in [1.82, 2.24) is 4.98 Å². The lowest BCUT2D eigenvalue weighted by atomic mass is 10.3. The Morgan fingerprint density at radius 1 is 1.53 bits per heavy atom. The number of sulfonamides is 1. The van der Waals surface area contributed by atoms with Gasteiger partial charge in [0.05, 0.1) is 16.3 Å². The number of primary sulfonamides is 1. The lowest BCUT2D eigenvalue weighted by molar-refractivity contribution is 0.599. The van der Waals surface area contributed by atoms with E-state index >= 15 is 0 Å². The lowest BCUT2D eigenvalue weighted by Gasteiger charge is -1.99. The Morgan fingerprint density at radius 2 is 2.27 bits per heavy atom. The maximum Gasteiger partial charge on any atom is 0.209 e. The zero-order valence-electron chi connectivity index (χ0n) is 7.75. The molecule has 0 atom stereocenters. The van der Waals surface area contributed by atoms with Crippen LogP contribution in [0.15, 0.2) is 23.4 Å². The molecular formula is C8H9N3O2S2. The molecule has 1 heterocycles. The van der Waals surface area contributed by atoms with Crippen LogP contribution in [0, 0.1) is 11.3 Å². The molecule has 1 rings (SSSR count). The van der Waals surface area contributed by atoms with Gasteiger partial charge in [-0.2, -0.15) is 5.26 Å². The number of hydrogen-bond acceptors (Lipinski definition) is 5. The van der Waals surface area contributed by atoms with Crippen molar-refractivity contribution in [2.75, 3.05) is 11.5 Å². The number of thioether (sulfide) groups is 1. The zero-order valence-corrected chi connectivity index (χ0v) is 9.38. The molecule has 2 N–H and O–H groups in total. The molecule has 0 saturated heterocycles. The van der Waals surface area contributed by atoms with Crippen LogP contribution in [0.5, 0.6) is 0 Å². The van der Waals surface area contributed by atoms with Crippen LogP contribution in [0.2, 0.25) is 0 Å². The highest BCUT2D eigenvalue weighted by atomic mass is 32.2. The molecule has 0 unspecified atom stereocenters. The van der Waals surface area contributed by atoms with Crippen molar-refractivity contribution in [2.45, 2.75) is 5.03 Å². The van der Waals surface area contributed by atoms with Crippen LogP contribution in [0.1, 0.15) is 5.56 Å². The molecule has 5 nitrogen and oxygen atoms in total. The number of hydrogen-bond donors (Lipinski definition) is 1. The largest absolute Gasteiger partial charge is 0.249 e. The second-order valence-electron chi connectivity index (χ2n) is 2.71. The van der Waals surface area contributed by atoms with Crippen LogP contribution in [0.3, 0.4) is 0 Å². The standard InChI is InChI=1S/C8H9N3O2S2/c9-5-7-1-2-8(11-6-7)14-3-4-15(10,12)13/h1-2,6H,3-4H2,(H2,10,12,13). The maximum absolute atomic E-state index is 10.6. The molecule has 0 fully saturated rings. The van der Waals surface area contributed by atoms with Crippen LogP contribution in [0.25, 0.3) is 0 Å². The van der Waals surface area contributed by atoms with Gasteiger partial charge in [-0.05, 0) is 12.1 Å². The molecule has 0 spiro atoms. The second-order valence-corrected chi connectivity index (χ2v) is 5.56. The number of aromatic nitrogens is 1. The normalized spacial score (nSPS) is 10.9. The molecule has 0 amide bonds. The number of pyridine rings is 1. The summed E-state index contributed by atoms with van der Waals surface area (Å²) in [6, 6.07) is 5.25. The Labute approximate surface area is 92.4 Å². The second kappa shape index (κ2) is 5.11. The van der Waals surface area contributed by atoms with Gasteiger partial charge in [0.1, 0.15) is 6.07 Å². The van der Waals surface area contributed by atoms with E-state index in [2.05, 4.69) is 4.98 Å². The molecule has 0 saturated carbocycles. The van der Waals surface area contributed by atoms with E-state index in [-0.39, 0.29) is 5.75 Å². The first kappa shape index (κ1) is 12.0. The van der Waals surface area contributed by atoms with Crippen molar-refractivity contribution in [1.29, 1.82) is 5.26 Å². The summed E-state index contributed by atoms with van der Waals surface area (Å²) < 4.78 is 21.2. The van der Waals surface area contributed by atoms with Gasteiger partial charge in [-0.15, -0.1) is 11.8 Å². The maximum atomic E-state index is 10.6. The monoisotopic (exact) mass is 243 g/mol. The van der Waals surface area contributed by atoms with Gasteiger partial charge in [-0.3, -0.25) is 0 Å². The first-order chi connectivity index (χ1) is 7.01. The van der Waals surface area contributed by atoms with Crippen LogP contribution in [-0.4, -0.2) is 24.9 Å². The van der Waals surface area contributed by atoms with E-state index in [0.29, 0.717) is 16.3 Å². The summed E-state index contributed by atoms with van der Waals surface area (Å²) in [5.41, 5.74) is 0.478. The topological polar surface area (TPSA) is 96.8 Å². The Kier molecular flexibility index (Phi) is 4.08. The average Bonchev–Trinajstić information content (AvgIpc) is 2.17. The van der Waals surface area contributed by atoms with Crippen molar-refractivity contribution in [2.24, 2.45) is 5.14 Å². The van der Waals surface area contributed by atoms with Crippen molar-refractivity contribution in [3.8, 4) is 6.07 Å². The summed E-state index contributed by atoms with van der Waals surface area (Å²) in [5.74, 6) is 0.275. The lowest BCUT2D eigenvalue weighted by Crippen LogP contribution is -2.17. The van der Waals surface area contributed by atoms with E-state index in [1.165, 1.54) is 18.0 Å². The fraction of sp³-hybridized carbons (Fsp3) is 0.250. The SMILES string of the molecule is N#Cc1ccc(SCCS(N)(=O)=O)nc1. The highest BCUT2D eigenvalue weighted by Gasteiger charge is 2.03. The average molecular weight is 243 g/mol. The predicted octanol–water partition coefficient (Wildman–Crippen LogP) is 0.334. The van der Waals surface area contributed by atoms with Gasteiger partial charge < -0.3 is 0 Å². The van der Waals surface area contributed by atoms with E-state index in [1.807, 2.05) is 6.07 Å². The summed E-state index contributed by atoms with van der Waals surface area (Å²) in [6.45, 7) is 0. The quantitative estimate of drug-likeness (QED) is 0.769. The first-order valence-corrected chi connectivity index (χ1v) is 6.71. The van der Waals surface area contributed by atoms with Crippen LogP contribution >= 0.6 is 11.8 Å². The van der Waals surface area contributed by atoms with Gasteiger partial charge in [0, 0.05) is 11.9 Å². The third-order valence-corrected chi connectivity index (χ3v) is 3.46. The van der Waals surface area contributed by atoms with Crippen LogP contribution in [0.4, 0.5) is 0 Å². The smallest absolute Gasteiger partial charge is 0.209 e. The molecule has 80 valence electrons. The highest BCUT2D eigenvalue weighted by Crippen LogP contribution is 2.14. The van der Waals surface area contributed by atoms with E-state index in [9.17, 15) is 8.42 Å². The summed E-state index contributed by atoms with van der Waals surface area (Å²) in [6.07, 6.45) is 1.44. The summed E-state index contributed by atoms with van der Waals surface area (Å²) in [7, 11) is -3.41. The summed E-state index contributed by atoms with van der Waals surface area (Å²) in [5, 5.41) is 14.0. The van der Waals surface area contributed by atoms with E-state index < -0.39 is 10.0 Å². The summed E-state index contributed by atoms with van der Waals surface area (Å²) >= 11 is 1.29. The van der Waals surface area contributed by atoms with Crippen molar-refractivity contribution >= 4 is 21.8 Å². The van der Waals surface area contributed by atoms with Gasteiger partial charge in [0.25, 0.3) is 0 Å². The van der Waals surface area contributed by atoms with Gasteiger partial charge in [0.15, 0.2) is 0 Å². The zero-order chi connectivity index (χ0) is 11.3. The van der Waals surface area contributed by atoms with Crippen LogP contribution in [-0.2, 0) is 10.0 Å². The third kappa shape index (κ3) is 4.78. The first-order valence-electron chi connectivity index (χ1n) is 4.01. The molecule has 1 aromatic rings. The fourth-order valence-corrected chi connectivity index (χ4v) is 2.56. The molecule has 1 aromatic heterocycles. The van der Waals surface area contributed by atoms with Gasteiger partial charge >= 0.3 is 0 Å². The Balaban J connectivity index is 2.49. The molecule has 7 heteroatoms. The number of rotatable bonds is 4. The summed E-state index contributed by atoms with van der Waals surface area (Å²) in [4.78, 5) is 3.97. The van der Waals surface area contributed by atoms with E-state index in [1.54, 1.807) is 12.1 Å². The predicted molar refractivity (Wildman–Crippen MR) is 57.7 cm³/mol.